The summed E-state index contributed by atoms with van der Waals surface area (Å²) in [6.45, 7) is 3.67. The fraction of sp³-hybridized carbons (Fsp3) is 1.00. The van der Waals surface area contributed by atoms with E-state index in [0.29, 0.717) is 0 Å². The molecule has 0 amide bonds. The van der Waals surface area contributed by atoms with E-state index < -0.39 is 0 Å². The maximum Gasteiger partial charge on any atom is 0.0113 e. The molecule has 3 unspecified atom stereocenters. The molecule has 0 spiro atoms. The minimum absolute atomic E-state index is 0.819. The highest BCUT2D eigenvalue weighted by molar-refractivity contribution is 4.94. The van der Waals surface area contributed by atoms with E-state index in [-0.39, 0.29) is 0 Å². The molecule has 0 radical (unpaired) electrons. The van der Waals surface area contributed by atoms with E-state index in [2.05, 4.69) is 17.6 Å². The molecule has 3 fully saturated rings. The van der Waals surface area contributed by atoms with Crippen molar-refractivity contribution in [2.75, 3.05) is 6.54 Å². The Balaban J connectivity index is 1.51. The number of nitrogens with one attached hydrogen (secondary N) is 2. The first-order valence-corrected chi connectivity index (χ1v) is 8.32. The largest absolute Gasteiger partial charge is 0.314 e. The lowest BCUT2D eigenvalue weighted by molar-refractivity contribution is 0.245. The smallest absolute Gasteiger partial charge is 0.0113 e. The summed E-state index contributed by atoms with van der Waals surface area (Å²) in [6, 6.07) is 2.47. The molecule has 2 aliphatic carbocycles. The summed E-state index contributed by atoms with van der Waals surface area (Å²) in [5.74, 6) is 1.89. The van der Waals surface area contributed by atoms with Gasteiger partial charge in [-0.2, -0.15) is 0 Å². The van der Waals surface area contributed by atoms with Gasteiger partial charge in [-0.1, -0.05) is 13.3 Å². The Labute approximate surface area is 112 Å². The second-order valence-electron chi connectivity index (χ2n) is 7.03. The van der Waals surface area contributed by atoms with Crippen LogP contribution in [0.1, 0.15) is 64.7 Å². The molecule has 0 bridgehead atoms. The van der Waals surface area contributed by atoms with Crippen molar-refractivity contribution in [3.8, 4) is 0 Å². The van der Waals surface area contributed by atoms with Gasteiger partial charge in [-0.3, -0.25) is 0 Å². The van der Waals surface area contributed by atoms with Gasteiger partial charge in [-0.05, 0) is 69.7 Å². The lowest BCUT2D eigenvalue weighted by atomic mass is 9.86. The molecule has 0 aromatic heterocycles. The minimum atomic E-state index is 0.819. The molecule has 3 atom stereocenters. The standard InChI is InChI=1S/C16H30N2/c1-12-7-9-13(10-8-12)18-16-5-2-4-14(16)15-6-3-11-17-15/h12-18H,2-11H2,1H3. The number of rotatable bonds is 3. The molecule has 1 aliphatic heterocycles. The topological polar surface area (TPSA) is 24.1 Å². The van der Waals surface area contributed by atoms with Gasteiger partial charge >= 0.3 is 0 Å². The molecule has 3 rings (SSSR count). The maximum absolute atomic E-state index is 4.03. The summed E-state index contributed by atoms with van der Waals surface area (Å²) in [5.41, 5.74) is 0. The summed E-state index contributed by atoms with van der Waals surface area (Å²) >= 11 is 0. The summed E-state index contributed by atoms with van der Waals surface area (Å²) in [5, 5.41) is 7.76. The van der Waals surface area contributed by atoms with E-state index in [0.717, 1.165) is 30.0 Å². The molecule has 0 aromatic rings. The first-order chi connectivity index (χ1) is 8.83. The quantitative estimate of drug-likeness (QED) is 0.804. The van der Waals surface area contributed by atoms with E-state index in [1.54, 1.807) is 0 Å². The van der Waals surface area contributed by atoms with Crippen LogP contribution in [0.2, 0.25) is 0 Å². The van der Waals surface area contributed by atoms with Crippen LogP contribution in [0.4, 0.5) is 0 Å². The van der Waals surface area contributed by atoms with E-state index in [1.807, 2.05) is 0 Å². The highest BCUT2D eigenvalue weighted by Gasteiger charge is 2.36. The number of hydrogen-bond acceptors (Lipinski definition) is 2. The SMILES string of the molecule is CC1CCC(NC2CCCC2C2CCCN2)CC1. The fourth-order valence-electron chi connectivity index (χ4n) is 4.48. The second-order valence-corrected chi connectivity index (χ2v) is 7.03. The zero-order chi connectivity index (χ0) is 12.4. The van der Waals surface area contributed by atoms with E-state index in [4.69, 9.17) is 0 Å². The third kappa shape index (κ3) is 2.91. The van der Waals surface area contributed by atoms with Gasteiger partial charge in [0.05, 0.1) is 0 Å². The predicted molar refractivity (Wildman–Crippen MR) is 76.7 cm³/mol. The van der Waals surface area contributed by atoms with Crippen molar-refractivity contribution in [3.63, 3.8) is 0 Å². The van der Waals surface area contributed by atoms with Gasteiger partial charge < -0.3 is 10.6 Å². The van der Waals surface area contributed by atoms with Crippen LogP contribution in [-0.2, 0) is 0 Å². The van der Waals surface area contributed by atoms with Gasteiger partial charge in [0.2, 0.25) is 0 Å². The van der Waals surface area contributed by atoms with Gasteiger partial charge in [0.25, 0.3) is 0 Å². The molecular weight excluding hydrogens is 220 g/mol. The highest BCUT2D eigenvalue weighted by atomic mass is 15.0. The average molecular weight is 250 g/mol. The molecule has 0 aromatic carbocycles. The second kappa shape index (κ2) is 5.92. The Hall–Kier alpha value is -0.0800. The molecule has 104 valence electrons. The minimum Gasteiger partial charge on any atom is -0.314 e. The maximum atomic E-state index is 4.03. The van der Waals surface area contributed by atoms with Gasteiger partial charge in [-0.15, -0.1) is 0 Å². The Morgan fingerprint density at radius 3 is 2.44 bits per heavy atom. The summed E-state index contributed by atoms with van der Waals surface area (Å²) in [6.07, 6.45) is 12.9. The Bertz CT molecular complexity index is 252. The van der Waals surface area contributed by atoms with Crippen LogP contribution >= 0.6 is 0 Å². The lowest BCUT2D eigenvalue weighted by Crippen LogP contribution is -2.47. The van der Waals surface area contributed by atoms with Crippen molar-refractivity contribution in [2.24, 2.45) is 11.8 Å². The molecule has 2 nitrogen and oxygen atoms in total. The van der Waals surface area contributed by atoms with Gasteiger partial charge in [0, 0.05) is 18.1 Å². The van der Waals surface area contributed by atoms with Crippen LogP contribution in [0.15, 0.2) is 0 Å². The van der Waals surface area contributed by atoms with E-state index in [9.17, 15) is 0 Å². The molecule has 1 saturated heterocycles. The highest BCUT2D eigenvalue weighted by Crippen LogP contribution is 2.33. The lowest BCUT2D eigenvalue weighted by Gasteiger charge is -2.33. The van der Waals surface area contributed by atoms with Crippen molar-refractivity contribution in [1.82, 2.24) is 10.6 Å². The third-order valence-electron chi connectivity index (χ3n) is 5.65. The van der Waals surface area contributed by atoms with Crippen molar-refractivity contribution in [3.05, 3.63) is 0 Å². The Morgan fingerprint density at radius 1 is 0.889 bits per heavy atom. The zero-order valence-electron chi connectivity index (χ0n) is 12.0. The van der Waals surface area contributed by atoms with Crippen molar-refractivity contribution in [2.45, 2.75) is 82.8 Å². The molecule has 2 saturated carbocycles. The normalized spacial score (nSPS) is 45.5. The van der Waals surface area contributed by atoms with E-state index in [1.165, 1.54) is 64.3 Å². The van der Waals surface area contributed by atoms with E-state index >= 15 is 0 Å². The van der Waals surface area contributed by atoms with Crippen LogP contribution in [0.25, 0.3) is 0 Å². The first-order valence-electron chi connectivity index (χ1n) is 8.32. The Kier molecular flexibility index (Phi) is 4.25. The first kappa shape index (κ1) is 12.9. The molecule has 2 N–H and O–H groups in total. The van der Waals surface area contributed by atoms with Gasteiger partial charge in [-0.25, -0.2) is 0 Å². The van der Waals surface area contributed by atoms with Crippen LogP contribution in [-0.4, -0.2) is 24.7 Å². The summed E-state index contributed by atoms with van der Waals surface area (Å²) in [4.78, 5) is 0. The molecule has 3 aliphatic rings. The van der Waals surface area contributed by atoms with Gasteiger partial charge in [0.1, 0.15) is 0 Å². The average Bonchev–Trinajstić information content (AvgIpc) is 3.02. The molecule has 2 heteroatoms. The van der Waals surface area contributed by atoms with Crippen molar-refractivity contribution >= 4 is 0 Å². The zero-order valence-corrected chi connectivity index (χ0v) is 12.0. The fourth-order valence-corrected chi connectivity index (χ4v) is 4.48. The van der Waals surface area contributed by atoms with Crippen LogP contribution in [0.3, 0.4) is 0 Å². The number of hydrogen-bond donors (Lipinski definition) is 2. The Morgan fingerprint density at radius 2 is 1.72 bits per heavy atom. The molecule has 18 heavy (non-hydrogen) atoms. The van der Waals surface area contributed by atoms with Crippen LogP contribution in [0.5, 0.6) is 0 Å². The van der Waals surface area contributed by atoms with Crippen LogP contribution in [0, 0.1) is 11.8 Å². The molecule has 1 heterocycles. The third-order valence-corrected chi connectivity index (χ3v) is 5.65. The monoisotopic (exact) mass is 250 g/mol. The summed E-state index contributed by atoms with van der Waals surface area (Å²) < 4.78 is 0. The van der Waals surface area contributed by atoms with Crippen LogP contribution < -0.4 is 10.6 Å². The van der Waals surface area contributed by atoms with Gasteiger partial charge in [0.15, 0.2) is 0 Å². The van der Waals surface area contributed by atoms with Crippen molar-refractivity contribution in [1.29, 1.82) is 0 Å². The molecular formula is C16H30N2. The summed E-state index contributed by atoms with van der Waals surface area (Å²) in [7, 11) is 0. The van der Waals surface area contributed by atoms with Crippen molar-refractivity contribution < 1.29 is 0 Å². The predicted octanol–water partition coefficient (Wildman–Crippen LogP) is 3.08.